The Labute approximate surface area is 98.4 Å². The van der Waals surface area contributed by atoms with Gasteiger partial charge in [0, 0.05) is 13.0 Å². The van der Waals surface area contributed by atoms with Crippen LogP contribution in [-0.2, 0) is 6.42 Å². The molecular weight excluding hydrogens is 226 g/mol. The number of tetrazole rings is 1. The van der Waals surface area contributed by atoms with Gasteiger partial charge in [0.05, 0.1) is 5.02 Å². The van der Waals surface area contributed by atoms with Gasteiger partial charge in [-0.3, -0.25) is 0 Å². The SMILES string of the molecule is CNCCc1nnn(-c2ccccc2Cl)n1. The molecule has 1 N–H and O–H groups in total. The lowest BCUT2D eigenvalue weighted by molar-refractivity contribution is 0.713. The molecule has 0 aliphatic heterocycles. The minimum Gasteiger partial charge on any atom is -0.319 e. The van der Waals surface area contributed by atoms with Crippen molar-refractivity contribution < 1.29 is 0 Å². The summed E-state index contributed by atoms with van der Waals surface area (Å²) in [5.41, 5.74) is 0.743. The van der Waals surface area contributed by atoms with Crippen LogP contribution in [0, 0.1) is 0 Å². The van der Waals surface area contributed by atoms with E-state index in [0.29, 0.717) is 10.8 Å². The smallest absolute Gasteiger partial charge is 0.176 e. The molecule has 2 aromatic rings. The molecule has 0 saturated heterocycles. The highest BCUT2D eigenvalue weighted by Gasteiger charge is 2.06. The minimum absolute atomic E-state index is 0.611. The van der Waals surface area contributed by atoms with E-state index in [-0.39, 0.29) is 0 Å². The number of benzene rings is 1. The molecule has 0 fully saturated rings. The summed E-state index contributed by atoms with van der Waals surface area (Å²) in [5, 5.41) is 15.8. The average molecular weight is 238 g/mol. The summed E-state index contributed by atoms with van der Waals surface area (Å²) in [5.74, 6) is 0.703. The monoisotopic (exact) mass is 237 g/mol. The summed E-state index contributed by atoms with van der Waals surface area (Å²) in [6.07, 6.45) is 0.751. The molecule has 0 amide bonds. The van der Waals surface area contributed by atoms with Crippen LogP contribution in [-0.4, -0.2) is 33.8 Å². The fraction of sp³-hybridized carbons (Fsp3) is 0.300. The number of halogens is 1. The van der Waals surface area contributed by atoms with Crippen LogP contribution in [0.25, 0.3) is 5.69 Å². The Balaban J connectivity index is 2.22. The van der Waals surface area contributed by atoms with Gasteiger partial charge in [0.1, 0.15) is 5.69 Å². The molecule has 16 heavy (non-hydrogen) atoms. The Morgan fingerprint density at radius 1 is 1.38 bits per heavy atom. The number of aromatic nitrogens is 4. The van der Waals surface area contributed by atoms with Crippen LogP contribution >= 0.6 is 11.6 Å². The molecule has 1 aromatic carbocycles. The molecule has 2 rings (SSSR count). The predicted molar refractivity (Wildman–Crippen MR) is 61.8 cm³/mol. The van der Waals surface area contributed by atoms with Crippen molar-refractivity contribution in [3.8, 4) is 5.69 Å². The van der Waals surface area contributed by atoms with E-state index in [1.165, 1.54) is 4.80 Å². The Kier molecular flexibility index (Phi) is 3.48. The number of likely N-dealkylation sites (N-methyl/N-ethyl adjacent to an activating group) is 1. The van der Waals surface area contributed by atoms with Crippen LogP contribution in [0.5, 0.6) is 0 Å². The molecule has 0 aliphatic carbocycles. The number of hydrogen-bond acceptors (Lipinski definition) is 4. The van der Waals surface area contributed by atoms with E-state index in [1.54, 1.807) is 6.07 Å². The van der Waals surface area contributed by atoms with E-state index in [0.717, 1.165) is 18.7 Å². The zero-order chi connectivity index (χ0) is 11.4. The molecule has 0 spiro atoms. The zero-order valence-corrected chi connectivity index (χ0v) is 9.65. The number of para-hydroxylation sites is 1. The molecule has 0 aliphatic rings. The maximum Gasteiger partial charge on any atom is 0.176 e. The standard InChI is InChI=1S/C10H12ClN5/c1-12-7-6-10-13-15-16(14-10)9-5-3-2-4-8(9)11/h2-5,12H,6-7H2,1H3. The van der Waals surface area contributed by atoms with Crippen LogP contribution in [0.2, 0.25) is 5.02 Å². The maximum atomic E-state index is 6.03. The molecule has 84 valence electrons. The van der Waals surface area contributed by atoms with Crippen LogP contribution in [0.15, 0.2) is 24.3 Å². The van der Waals surface area contributed by atoms with E-state index < -0.39 is 0 Å². The maximum absolute atomic E-state index is 6.03. The third-order valence-electron chi connectivity index (χ3n) is 2.12. The first-order chi connectivity index (χ1) is 7.81. The molecule has 0 radical (unpaired) electrons. The van der Waals surface area contributed by atoms with Gasteiger partial charge in [-0.05, 0) is 24.4 Å². The van der Waals surface area contributed by atoms with Gasteiger partial charge in [-0.1, -0.05) is 23.7 Å². The van der Waals surface area contributed by atoms with Crippen molar-refractivity contribution in [1.29, 1.82) is 0 Å². The topological polar surface area (TPSA) is 55.6 Å². The number of nitrogens with one attached hydrogen (secondary N) is 1. The number of rotatable bonds is 4. The minimum atomic E-state index is 0.611. The summed E-state index contributed by atoms with van der Waals surface area (Å²) in [7, 11) is 1.89. The van der Waals surface area contributed by atoms with Crippen LogP contribution in [0.4, 0.5) is 0 Å². The lowest BCUT2D eigenvalue weighted by Gasteiger charge is -1.99. The van der Waals surface area contributed by atoms with Crippen molar-refractivity contribution >= 4 is 11.6 Å². The van der Waals surface area contributed by atoms with Gasteiger partial charge in [-0.15, -0.1) is 15.0 Å². The zero-order valence-electron chi connectivity index (χ0n) is 8.89. The summed E-state index contributed by atoms with van der Waals surface area (Å²) < 4.78 is 0. The van der Waals surface area contributed by atoms with Gasteiger partial charge < -0.3 is 5.32 Å². The first kappa shape index (κ1) is 11.0. The Morgan fingerprint density at radius 2 is 2.19 bits per heavy atom. The highest BCUT2D eigenvalue weighted by molar-refractivity contribution is 6.32. The number of nitrogens with zero attached hydrogens (tertiary/aromatic N) is 4. The Morgan fingerprint density at radius 3 is 2.94 bits per heavy atom. The van der Waals surface area contributed by atoms with Crippen molar-refractivity contribution in [2.24, 2.45) is 0 Å². The second kappa shape index (κ2) is 5.05. The van der Waals surface area contributed by atoms with Gasteiger partial charge in [0.15, 0.2) is 5.82 Å². The van der Waals surface area contributed by atoms with Gasteiger partial charge in [-0.25, -0.2) is 0 Å². The molecule has 0 saturated carbocycles. The average Bonchev–Trinajstić information content (AvgIpc) is 2.75. The molecule has 0 bridgehead atoms. The quantitative estimate of drug-likeness (QED) is 0.865. The second-order valence-electron chi connectivity index (χ2n) is 3.30. The van der Waals surface area contributed by atoms with Gasteiger partial charge >= 0.3 is 0 Å². The molecule has 1 heterocycles. The van der Waals surface area contributed by atoms with Gasteiger partial charge in [0.2, 0.25) is 0 Å². The molecule has 0 atom stereocenters. The Hall–Kier alpha value is -1.46. The summed E-state index contributed by atoms with van der Waals surface area (Å²) in [6.45, 7) is 0.828. The highest BCUT2D eigenvalue weighted by Crippen LogP contribution is 2.17. The third kappa shape index (κ3) is 2.37. The number of hydrogen-bond donors (Lipinski definition) is 1. The molecule has 6 heteroatoms. The van der Waals surface area contributed by atoms with Crippen LogP contribution in [0.1, 0.15) is 5.82 Å². The van der Waals surface area contributed by atoms with E-state index in [1.807, 2.05) is 25.2 Å². The van der Waals surface area contributed by atoms with Crippen molar-refractivity contribution in [2.75, 3.05) is 13.6 Å². The van der Waals surface area contributed by atoms with E-state index in [2.05, 4.69) is 20.7 Å². The normalized spacial score (nSPS) is 10.6. The molecule has 5 nitrogen and oxygen atoms in total. The first-order valence-electron chi connectivity index (χ1n) is 4.99. The largest absolute Gasteiger partial charge is 0.319 e. The highest BCUT2D eigenvalue weighted by atomic mass is 35.5. The molecule has 1 aromatic heterocycles. The fourth-order valence-corrected chi connectivity index (χ4v) is 1.51. The molecular formula is C10H12ClN5. The van der Waals surface area contributed by atoms with E-state index in [4.69, 9.17) is 11.6 Å². The first-order valence-corrected chi connectivity index (χ1v) is 5.37. The van der Waals surface area contributed by atoms with E-state index >= 15 is 0 Å². The van der Waals surface area contributed by atoms with Crippen LogP contribution in [0.3, 0.4) is 0 Å². The van der Waals surface area contributed by atoms with E-state index in [9.17, 15) is 0 Å². The predicted octanol–water partition coefficient (Wildman–Crippen LogP) is 1.08. The van der Waals surface area contributed by atoms with Crippen molar-refractivity contribution in [3.63, 3.8) is 0 Å². The third-order valence-corrected chi connectivity index (χ3v) is 2.44. The van der Waals surface area contributed by atoms with Gasteiger partial charge in [0.25, 0.3) is 0 Å². The van der Waals surface area contributed by atoms with Crippen LogP contribution < -0.4 is 5.32 Å². The summed E-state index contributed by atoms with van der Waals surface area (Å²) in [6, 6.07) is 7.40. The lowest BCUT2D eigenvalue weighted by Crippen LogP contribution is -2.11. The van der Waals surface area contributed by atoms with Crippen molar-refractivity contribution in [1.82, 2.24) is 25.5 Å². The van der Waals surface area contributed by atoms with Gasteiger partial charge in [-0.2, -0.15) is 0 Å². The van der Waals surface area contributed by atoms with Crippen molar-refractivity contribution in [3.05, 3.63) is 35.1 Å². The second-order valence-corrected chi connectivity index (χ2v) is 3.71. The summed E-state index contributed by atoms with van der Waals surface area (Å²) >= 11 is 6.03. The fourth-order valence-electron chi connectivity index (χ4n) is 1.30. The molecule has 0 unspecified atom stereocenters. The summed E-state index contributed by atoms with van der Waals surface area (Å²) in [4.78, 5) is 1.45. The lowest BCUT2D eigenvalue weighted by atomic mass is 10.3. The van der Waals surface area contributed by atoms with Crippen molar-refractivity contribution in [2.45, 2.75) is 6.42 Å². The Bertz CT molecular complexity index is 468.